The summed E-state index contributed by atoms with van der Waals surface area (Å²) in [5, 5.41) is 3.09. The number of esters is 1. The van der Waals surface area contributed by atoms with Gasteiger partial charge >= 0.3 is 5.97 Å². The topological polar surface area (TPSA) is 81.7 Å². The fraction of sp³-hybridized carbons (Fsp3) is 0.381. The molecular weight excluding hydrogens is 458 g/mol. The van der Waals surface area contributed by atoms with Crippen molar-refractivity contribution in [2.75, 3.05) is 18.5 Å². The normalized spacial score (nSPS) is 10.5. The number of Topliss-reactive ketones (excluding diaryl/α,β-unsaturated/α-hetero) is 1. The van der Waals surface area contributed by atoms with E-state index in [1.807, 2.05) is 25.1 Å². The minimum absolute atomic E-state index is 0.157. The van der Waals surface area contributed by atoms with Crippen molar-refractivity contribution in [3.05, 3.63) is 44.2 Å². The Bertz CT molecular complexity index is 922. The average Bonchev–Trinajstić information content (AvgIpc) is 2.96. The molecule has 2 rings (SSSR count). The van der Waals surface area contributed by atoms with E-state index in [2.05, 4.69) is 21.2 Å². The van der Waals surface area contributed by atoms with E-state index >= 15 is 0 Å². The zero-order valence-electron chi connectivity index (χ0n) is 16.9. The Morgan fingerprint density at radius 3 is 2.55 bits per heavy atom. The predicted molar refractivity (Wildman–Crippen MR) is 117 cm³/mol. The molecule has 0 atom stereocenters. The second-order valence-electron chi connectivity index (χ2n) is 6.47. The molecule has 2 aromatic rings. The summed E-state index contributed by atoms with van der Waals surface area (Å²) < 4.78 is 11.6. The molecule has 1 amide bonds. The molecule has 0 fully saturated rings. The number of rotatable bonds is 9. The molecule has 1 N–H and O–H groups in total. The van der Waals surface area contributed by atoms with E-state index in [1.165, 1.54) is 6.92 Å². The smallest absolute Gasteiger partial charge is 0.341 e. The van der Waals surface area contributed by atoms with Crippen molar-refractivity contribution in [2.45, 2.75) is 40.5 Å². The third-order valence-corrected chi connectivity index (χ3v) is 6.02. The van der Waals surface area contributed by atoms with Crippen LogP contribution in [-0.4, -0.2) is 30.9 Å². The largest absolute Gasteiger partial charge is 0.492 e. The molecule has 0 unspecified atom stereocenters. The third kappa shape index (κ3) is 6.14. The number of carbonyl (C=O) groups excluding carboxylic acids is 3. The molecule has 0 bridgehead atoms. The van der Waals surface area contributed by atoms with Gasteiger partial charge in [0.1, 0.15) is 10.8 Å². The van der Waals surface area contributed by atoms with Crippen LogP contribution in [0.2, 0.25) is 0 Å². The van der Waals surface area contributed by atoms with E-state index < -0.39 is 5.97 Å². The lowest BCUT2D eigenvalue weighted by atomic mass is 10.1. The Morgan fingerprint density at radius 2 is 1.93 bits per heavy atom. The number of ketones is 1. The second kappa shape index (κ2) is 10.5. The molecule has 0 aliphatic carbocycles. The average molecular weight is 482 g/mol. The number of aryl methyl sites for hydroxylation is 1. The highest BCUT2D eigenvalue weighted by Crippen LogP contribution is 2.34. The highest BCUT2D eigenvalue weighted by atomic mass is 79.9. The van der Waals surface area contributed by atoms with Crippen LogP contribution in [0.4, 0.5) is 5.00 Å². The lowest BCUT2D eigenvalue weighted by Crippen LogP contribution is -2.15. The second-order valence-corrected chi connectivity index (χ2v) is 8.35. The first-order chi connectivity index (χ1) is 13.7. The number of hydrogen-bond acceptors (Lipinski definition) is 6. The summed E-state index contributed by atoms with van der Waals surface area (Å²) in [5.74, 6) is -0.230. The molecule has 0 aliphatic heterocycles. The quantitative estimate of drug-likeness (QED) is 0.298. The van der Waals surface area contributed by atoms with Crippen molar-refractivity contribution in [3.8, 4) is 5.75 Å². The lowest BCUT2D eigenvalue weighted by molar-refractivity contribution is -0.116. The van der Waals surface area contributed by atoms with Gasteiger partial charge in [-0.15, -0.1) is 11.3 Å². The molecule has 0 saturated heterocycles. The number of anilines is 1. The minimum atomic E-state index is -0.545. The Labute approximate surface area is 182 Å². The number of thiophene rings is 1. The standard InChI is InChI=1S/C21H24BrNO5S/c1-5-27-21(26)18-13(3)19(14(4)24)29-20(18)23-17(25)7-6-10-28-16-9-8-12(2)11-15(16)22/h8-9,11H,5-7,10H2,1-4H3,(H,23,25). The highest BCUT2D eigenvalue weighted by Gasteiger charge is 2.25. The van der Waals surface area contributed by atoms with Gasteiger partial charge in [0.25, 0.3) is 0 Å². The van der Waals surface area contributed by atoms with Gasteiger partial charge in [-0.1, -0.05) is 6.07 Å². The minimum Gasteiger partial charge on any atom is -0.492 e. The summed E-state index contributed by atoms with van der Waals surface area (Å²) in [5.41, 5.74) is 1.90. The fourth-order valence-corrected chi connectivity index (χ4v) is 4.43. The van der Waals surface area contributed by atoms with E-state index in [9.17, 15) is 14.4 Å². The molecule has 1 aromatic carbocycles. The van der Waals surface area contributed by atoms with Gasteiger partial charge in [0, 0.05) is 6.42 Å². The molecule has 156 valence electrons. The van der Waals surface area contributed by atoms with Gasteiger partial charge in [-0.25, -0.2) is 4.79 Å². The predicted octanol–water partition coefficient (Wildman–Crippen LogP) is 5.30. The first-order valence-corrected chi connectivity index (χ1v) is 10.9. The molecule has 0 saturated carbocycles. The van der Waals surface area contributed by atoms with Crippen molar-refractivity contribution >= 4 is 49.9 Å². The van der Waals surface area contributed by atoms with Crippen LogP contribution in [0.1, 0.15) is 57.8 Å². The molecule has 29 heavy (non-hydrogen) atoms. The van der Waals surface area contributed by atoms with Crippen molar-refractivity contribution in [1.29, 1.82) is 0 Å². The monoisotopic (exact) mass is 481 g/mol. The highest BCUT2D eigenvalue weighted by molar-refractivity contribution is 9.10. The first-order valence-electron chi connectivity index (χ1n) is 9.24. The van der Waals surface area contributed by atoms with E-state index in [4.69, 9.17) is 9.47 Å². The third-order valence-electron chi connectivity index (χ3n) is 4.09. The Balaban J connectivity index is 1.98. The number of benzene rings is 1. The van der Waals surface area contributed by atoms with Crippen molar-refractivity contribution in [1.82, 2.24) is 0 Å². The van der Waals surface area contributed by atoms with Gasteiger partial charge in [0.2, 0.25) is 5.91 Å². The van der Waals surface area contributed by atoms with Crippen LogP contribution >= 0.6 is 27.3 Å². The molecule has 0 spiro atoms. The van der Waals surface area contributed by atoms with E-state index in [0.29, 0.717) is 28.5 Å². The van der Waals surface area contributed by atoms with Crippen molar-refractivity contribution in [3.63, 3.8) is 0 Å². The Morgan fingerprint density at radius 1 is 1.21 bits per heavy atom. The summed E-state index contributed by atoms with van der Waals surface area (Å²) in [6, 6.07) is 5.79. The zero-order chi connectivity index (χ0) is 21.6. The number of ether oxygens (including phenoxy) is 2. The number of amides is 1. The number of carbonyl (C=O) groups is 3. The van der Waals surface area contributed by atoms with Crippen LogP contribution in [0.3, 0.4) is 0 Å². The van der Waals surface area contributed by atoms with Crippen molar-refractivity contribution < 1.29 is 23.9 Å². The van der Waals surface area contributed by atoms with Crippen LogP contribution in [0.15, 0.2) is 22.7 Å². The summed E-state index contributed by atoms with van der Waals surface area (Å²) in [4.78, 5) is 36.9. The lowest BCUT2D eigenvalue weighted by Gasteiger charge is -2.09. The summed E-state index contributed by atoms with van der Waals surface area (Å²) in [7, 11) is 0. The Hall–Kier alpha value is -2.19. The molecule has 1 heterocycles. The maximum Gasteiger partial charge on any atom is 0.341 e. The number of nitrogens with one attached hydrogen (secondary N) is 1. The van der Waals surface area contributed by atoms with E-state index in [1.54, 1.807) is 13.8 Å². The van der Waals surface area contributed by atoms with Crippen molar-refractivity contribution in [2.24, 2.45) is 0 Å². The van der Waals surface area contributed by atoms with Gasteiger partial charge in [-0.2, -0.15) is 0 Å². The van der Waals surface area contributed by atoms with Crippen LogP contribution in [0.5, 0.6) is 5.75 Å². The molecule has 1 aromatic heterocycles. The van der Waals surface area contributed by atoms with Crippen LogP contribution in [0, 0.1) is 13.8 Å². The van der Waals surface area contributed by atoms with E-state index in [-0.39, 0.29) is 30.3 Å². The van der Waals surface area contributed by atoms with Crippen LogP contribution < -0.4 is 10.1 Å². The SMILES string of the molecule is CCOC(=O)c1c(NC(=O)CCCOc2ccc(C)cc2Br)sc(C(C)=O)c1C. The molecular formula is C21H24BrNO5S. The summed E-state index contributed by atoms with van der Waals surface area (Å²) in [6.07, 6.45) is 0.725. The van der Waals surface area contributed by atoms with Gasteiger partial charge < -0.3 is 14.8 Å². The van der Waals surface area contributed by atoms with Crippen LogP contribution in [0.25, 0.3) is 0 Å². The van der Waals surface area contributed by atoms with Gasteiger partial charge in [0.15, 0.2) is 5.78 Å². The molecule has 0 radical (unpaired) electrons. The molecule has 6 nitrogen and oxygen atoms in total. The van der Waals surface area contributed by atoms with Gasteiger partial charge in [-0.05, 0) is 73.3 Å². The molecule has 8 heteroatoms. The van der Waals surface area contributed by atoms with Gasteiger partial charge in [0.05, 0.1) is 28.1 Å². The first kappa shape index (κ1) is 23.1. The Kier molecular flexibility index (Phi) is 8.40. The maximum absolute atomic E-state index is 12.4. The van der Waals surface area contributed by atoms with Crippen LogP contribution in [-0.2, 0) is 9.53 Å². The summed E-state index contributed by atoms with van der Waals surface area (Å²) in [6.45, 7) is 7.40. The van der Waals surface area contributed by atoms with E-state index in [0.717, 1.165) is 27.1 Å². The maximum atomic E-state index is 12.4. The fourth-order valence-electron chi connectivity index (χ4n) is 2.71. The number of hydrogen-bond donors (Lipinski definition) is 1. The summed E-state index contributed by atoms with van der Waals surface area (Å²) >= 11 is 4.55. The molecule has 0 aliphatic rings. The van der Waals surface area contributed by atoms with Gasteiger partial charge in [-0.3, -0.25) is 9.59 Å². The zero-order valence-corrected chi connectivity index (χ0v) is 19.3. The number of halogens is 1.